The topological polar surface area (TPSA) is 115 Å². The van der Waals surface area contributed by atoms with E-state index in [4.69, 9.17) is 14.2 Å². The number of nitrogens with zero attached hydrogens (tertiary/aromatic N) is 3. The van der Waals surface area contributed by atoms with Gasteiger partial charge in [0.15, 0.2) is 6.61 Å². The van der Waals surface area contributed by atoms with E-state index in [1.165, 1.54) is 15.4 Å². The zero-order valence-electron chi connectivity index (χ0n) is 21.9. The zero-order chi connectivity index (χ0) is 28.1. The number of amides is 1. The fraction of sp³-hybridized carbons (Fsp3) is 0.321. The quantitative estimate of drug-likeness (QED) is 0.355. The number of esters is 1. The number of morpholine rings is 1. The molecule has 210 valence electrons. The molecule has 1 atom stereocenters. The largest absolute Gasteiger partial charge is 0.497 e. The van der Waals surface area contributed by atoms with Crippen LogP contribution in [0.5, 0.6) is 5.75 Å². The van der Waals surface area contributed by atoms with Crippen molar-refractivity contribution >= 4 is 38.9 Å². The second-order valence-corrected chi connectivity index (χ2v) is 12.6. The van der Waals surface area contributed by atoms with Crippen LogP contribution in [-0.4, -0.2) is 75.3 Å². The van der Waals surface area contributed by atoms with Crippen molar-refractivity contribution in [2.45, 2.75) is 23.1 Å². The summed E-state index contributed by atoms with van der Waals surface area (Å²) in [6, 6.07) is 19.8. The molecule has 2 aliphatic rings. The normalized spacial score (nSPS) is 17.9. The first kappa shape index (κ1) is 28.0. The molecule has 1 unspecified atom stereocenters. The van der Waals surface area contributed by atoms with Crippen LogP contribution in [-0.2, 0) is 35.5 Å². The van der Waals surface area contributed by atoms with Crippen LogP contribution in [0.3, 0.4) is 0 Å². The summed E-state index contributed by atoms with van der Waals surface area (Å²) in [6.07, 6.45) is 0.364. The van der Waals surface area contributed by atoms with Crippen LogP contribution in [0.15, 0.2) is 76.0 Å². The third kappa shape index (κ3) is 6.25. The van der Waals surface area contributed by atoms with Gasteiger partial charge >= 0.3 is 5.97 Å². The molecule has 0 bridgehead atoms. The molecule has 1 fully saturated rings. The number of benzene rings is 2. The summed E-state index contributed by atoms with van der Waals surface area (Å²) in [7, 11) is -2.05. The van der Waals surface area contributed by atoms with Crippen LogP contribution >= 0.6 is 11.3 Å². The highest BCUT2D eigenvalue weighted by atomic mass is 32.2. The molecule has 2 aliphatic heterocycles. The van der Waals surface area contributed by atoms with Crippen LogP contribution in [0.2, 0.25) is 0 Å². The van der Waals surface area contributed by atoms with E-state index in [9.17, 15) is 18.0 Å². The van der Waals surface area contributed by atoms with Crippen molar-refractivity contribution in [3.8, 4) is 5.75 Å². The summed E-state index contributed by atoms with van der Waals surface area (Å²) in [6.45, 7) is 0.807. The molecule has 1 saturated heterocycles. The van der Waals surface area contributed by atoms with Crippen molar-refractivity contribution in [1.82, 2.24) is 9.31 Å². The molecule has 0 spiro atoms. The van der Waals surface area contributed by atoms with Crippen molar-refractivity contribution in [3.05, 3.63) is 82.7 Å². The number of carbonyl (C=O) groups is 2. The summed E-state index contributed by atoms with van der Waals surface area (Å²) in [4.78, 5) is 26.3. The number of sulfonamides is 1. The molecular weight excluding hydrogens is 554 g/mol. The zero-order valence-corrected chi connectivity index (χ0v) is 23.5. The van der Waals surface area contributed by atoms with Crippen molar-refractivity contribution in [2.24, 2.45) is 5.10 Å². The highest BCUT2D eigenvalue weighted by Gasteiger charge is 2.34. The lowest BCUT2D eigenvalue weighted by atomic mass is 9.98. The van der Waals surface area contributed by atoms with E-state index in [1.54, 1.807) is 13.2 Å². The lowest BCUT2D eigenvalue weighted by Gasteiger charge is -2.25. The molecule has 5 rings (SSSR count). The third-order valence-electron chi connectivity index (χ3n) is 6.65. The summed E-state index contributed by atoms with van der Waals surface area (Å²) in [5, 5.41) is 5.97. The molecule has 1 aromatic heterocycles. The lowest BCUT2D eigenvalue weighted by molar-refractivity contribution is -0.152. The third-order valence-corrected chi connectivity index (χ3v) is 10.1. The van der Waals surface area contributed by atoms with E-state index in [-0.39, 0.29) is 16.7 Å². The van der Waals surface area contributed by atoms with Gasteiger partial charge in [-0.25, -0.2) is 13.4 Å². The maximum Gasteiger partial charge on any atom is 0.311 e. The Kier molecular flexibility index (Phi) is 8.60. The van der Waals surface area contributed by atoms with Crippen molar-refractivity contribution in [1.29, 1.82) is 0 Å². The minimum Gasteiger partial charge on any atom is -0.497 e. The molecule has 2 aromatic carbocycles. The number of carbonyl (C=O) groups excluding carboxylic acids is 2. The monoisotopic (exact) mass is 583 g/mol. The molecule has 10 nitrogen and oxygen atoms in total. The number of methoxy groups -OCH3 is 1. The average molecular weight is 584 g/mol. The Morgan fingerprint density at radius 1 is 1.02 bits per heavy atom. The smallest absolute Gasteiger partial charge is 0.311 e. The van der Waals surface area contributed by atoms with Crippen LogP contribution in [0.25, 0.3) is 0 Å². The number of hydrogen-bond acceptors (Lipinski definition) is 9. The van der Waals surface area contributed by atoms with Crippen LogP contribution in [0.4, 0.5) is 0 Å². The molecule has 0 radical (unpaired) electrons. The molecular formula is C28H29N3O7S2. The van der Waals surface area contributed by atoms with Crippen LogP contribution < -0.4 is 4.74 Å². The molecule has 3 aromatic rings. The van der Waals surface area contributed by atoms with Crippen molar-refractivity contribution in [2.75, 3.05) is 40.0 Å². The van der Waals surface area contributed by atoms with Crippen molar-refractivity contribution in [3.63, 3.8) is 0 Å². The Hall–Kier alpha value is -3.58. The molecule has 3 heterocycles. The molecule has 1 amide bonds. The summed E-state index contributed by atoms with van der Waals surface area (Å²) in [5.41, 5.74) is 2.55. The fourth-order valence-corrected chi connectivity index (χ4v) is 7.44. The highest BCUT2D eigenvalue weighted by molar-refractivity contribution is 7.91. The number of hydrazone groups is 1. The van der Waals surface area contributed by atoms with Crippen LogP contribution in [0, 0.1) is 0 Å². The SMILES string of the molecule is COc1ccc(C2CC(c3ccccc3)=NN2C(=O)COC(=O)Cc2ccc(S(=O)(=O)N3CCOCC3)s2)cc1. The van der Waals surface area contributed by atoms with Gasteiger partial charge in [-0.15, -0.1) is 11.3 Å². The number of hydrogen-bond donors (Lipinski definition) is 0. The average Bonchev–Trinajstić information content (AvgIpc) is 3.65. The molecule has 0 saturated carbocycles. The van der Waals surface area contributed by atoms with Gasteiger partial charge < -0.3 is 14.2 Å². The maximum atomic E-state index is 13.2. The van der Waals surface area contributed by atoms with E-state index in [1.807, 2.05) is 54.6 Å². The van der Waals surface area contributed by atoms with E-state index >= 15 is 0 Å². The fourth-order valence-electron chi connectivity index (χ4n) is 4.54. The second-order valence-electron chi connectivity index (χ2n) is 9.22. The number of thiophene rings is 1. The van der Waals surface area contributed by atoms with E-state index in [2.05, 4.69) is 5.10 Å². The first-order chi connectivity index (χ1) is 19.3. The van der Waals surface area contributed by atoms with Gasteiger partial charge in [0.1, 0.15) is 9.96 Å². The minimum atomic E-state index is -3.64. The number of ether oxygens (including phenoxy) is 3. The van der Waals surface area contributed by atoms with Gasteiger partial charge in [0.2, 0.25) is 0 Å². The van der Waals surface area contributed by atoms with Gasteiger partial charge in [0.05, 0.1) is 38.5 Å². The Bertz CT molecular complexity index is 1480. The standard InChI is InChI=1S/C28H29N3O7S2/c1-36-22-9-7-21(8-10-22)25-18-24(20-5-3-2-4-6-20)29-31(25)26(32)19-38-27(33)17-23-11-12-28(39-23)40(34,35)30-13-15-37-16-14-30/h2-12,25H,13-19H2,1H3. The molecule has 40 heavy (non-hydrogen) atoms. The Labute approximate surface area is 236 Å². The Morgan fingerprint density at radius 2 is 1.75 bits per heavy atom. The lowest BCUT2D eigenvalue weighted by Crippen LogP contribution is -2.40. The minimum absolute atomic E-state index is 0.142. The number of rotatable bonds is 9. The first-order valence-corrected chi connectivity index (χ1v) is 15.0. The molecule has 0 N–H and O–H groups in total. The van der Waals surface area contributed by atoms with Gasteiger partial charge in [-0.1, -0.05) is 42.5 Å². The predicted molar refractivity (Wildman–Crippen MR) is 149 cm³/mol. The van der Waals surface area contributed by atoms with E-state index < -0.39 is 28.5 Å². The van der Waals surface area contributed by atoms with E-state index in [0.29, 0.717) is 43.4 Å². The van der Waals surface area contributed by atoms with E-state index in [0.717, 1.165) is 28.2 Å². The Morgan fingerprint density at radius 3 is 2.45 bits per heavy atom. The van der Waals surface area contributed by atoms with Gasteiger partial charge in [-0.05, 0) is 35.4 Å². The van der Waals surface area contributed by atoms with Gasteiger partial charge in [-0.3, -0.25) is 9.59 Å². The van der Waals surface area contributed by atoms with Gasteiger partial charge in [0.25, 0.3) is 15.9 Å². The molecule has 0 aliphatic carbocycles. The Balaban J connectivity index is 1.24. The van der Waals surface area contributed by atoms with Gasteiger partial charge in [0, 0.05) is 24.4 Å². The second kappa shape index (κ2) is 12.3. The molecule has 12 heteroatoms. The van der Waals surface area contributed by atoms with Crippen molar-refractivity contribution < 1.29 is 32.2 Å². The first-order valence-electron chi connectivity index (χ1n) is 12.8. The van der Waals surface area contributed by atoms with Gasteiger partial charge in [-0.2, -0.15) is 9.41 Å². The van der Waals surface area contributed by atoms with Crippen LogP contribution in [0.1, 0.15) is 28.5 Å². The predicted octanol–water partition coefficient (Wildman–Crippen LogP) is 3.24. The summed E-state index contributed by atoms with van der Waals surface area (Å²) >= 11 is 1.02. The maximum absolute atomic E-state index is 13.2. The highest BCUT2D eigenvalue weighted by Crippen LogP contribution is 2.34. The summed E-state index contributed by atoms with van der Waals surface area (Å²) in [5.74, 6) is -0.382. The summed E-state index contributed by atoms with van der Waals surface area (Å²) < 4.78 is 43.0.